The fourth-order valence-electron chi connectivity index (χ4n) is 1.70. The maximum atomic E-state index is 13.1. The molecule has 1 aromatic carbocycles. The number of hydrogen-bond donors (Lipinski definition) is 1. The van der Waals surface area contributed by atoms with Crippen LogP contribution in [0, 0.1) is 5.82 Å². The van der Waals surface area contributed by atoms with Crippen molar-refractivity contribution in [1.29, 1.82) is 0 Å². The second-order valence-corrected chi connectivity index (χ2v) is 5.46. The Morgan fingerprint density at radius 3 is 2.90 bits per heavy atom. The van der Waals surface area contributed by atoms with Crippen LogP contribution in [-0.4, -0.2) is 10.1 Å². The molecule has 0 amide bonds. The molecule has 0 fully saturated rings. The maximum absolute atomic E-state index is 13.1. The van der Waals surface area contributed by atoms with Crippen LogP contribution in [0.15, 0.2) is 40.2 Å². The molecule has 0 radical (unpaired) electrons. The van der Waals surface area contributed by atoms with Crippen molar-refractivity contribution < 1.29 is 8.91 Å². The third kappa shape index (κ3) is 2.45. The molecule has 0 saturated heterocycles. The normalized spacial score (nSPS) is 12.6. The van der Waals surface area contributed by atoms with E-state index in [1.54, 1.807) is 0 Å². The third-order valence-electron chi connectivity index (χ3n) is 2.74. The Morgan fingerprint density at radius 1 is 1.35 bits per heavy atom. The summed E-state index contributed by atoms with van der Waals surface area (Å²) < 4.78 is 18.3. The molecular formula is C13H9ClFN3OS. The molecule has 2 N–H and O–H groups in total. The van der Waals surface area contributed by atoms with Gasteiger partial charge in [-0.05, 0) is 29.6 Å². The number of nitrogens with two attached hydrogens (primary N) is 1. The number of benzene rings is 1. The Bertz CT molecular complexity index is 729. The van der Waals surface area contributed by atoms with Gasteiger partial charge in [0.1, 0.15) is 11.9 Å². The molecule has 0 saturated carbocycles. The van der Waals surface area contributed by atoms with Gasteiger partial charge in [0.2, 0.25) is 11.7 Å². The van der Waals surface area contributed by atoms with E-state index in [1.807, 2.05) is 17.5 Å². The topological polar surface area (TPSA) is 64.9 Å². The summed E-state index contributed by atoms with van der Waals surface area (Å²) in [5.41, 5.74) is 6.61. The summed E-state index contributed by atoms with van der Waals surface area (Å²) in [5, 5.41) is 5.78. The molecule has 7 heteroatoms. The molecule has 102 valence electrons. The minimum Gasteiger partial charge on any atom is -0.337 e. The lowest BCUT2D eigenvalue weighted by molar-refractivity contribution is 0.368. The highest BCUT2D eigenvalue weighted by Gasteiger charge is 2.18. The summed E-state index contributed by atoms with van der Waals surface area (Å²) in [5.74, 6) is 0.145. The average molecular weight is 310 g/mol. The van der Waals surface area contributed by atoms with Gasteiger partial charge in [-0.1, -0.05) is 22.8 Å². The standard InChI is InChI=1S/C13H9ClFN3OS/c14-8-6-7(3-4-9(8)15)12-17-13(19-18-12)11(16)10-2-1-5-20-10/h1-6,11H,16H2. The molecule has 3 rings (SSSR count). The van der Waals surface area contributed by atoms with Crippen LogP contribution in [0.5, 0.6) is 0 Å². The first kappa shape index (κ1) is 13.2. The van der Waals surface area contributed by atoms with Crippen molar-refractivity contribution in [2.45, 2.75) is 6.04 Å². The predicted octanol–water partition coefficient (Wildman–Crippen LogP) is 3.64. The summed E-state index contributed by atoms with van der Waals surface area (Å²) >= 11 is 7.24. The molecule has 0 aliphatic carbocycles. The second kappa shape index (κ2) is 5.32. The zero-order valence-corrected chi connectivity index (χ0v) is 11.7. The minimum atomic E-state index is -0.491. The van der Waals surface area contributed by atoms with E-state index in [0.29, 0.717) is 17.3 Å². The smallest absolute Gasteiger partial charge is 0.249 e. The Kier molecular flexibility index (Phi) is 3.52. The fourth-order valence-corrected chi connectivity index (χ4v) is 2.60. The second-order valence-electron chi connectivity index (χ2n) is 4.08. The van der Waals surface area contributed by atoms with E-state index in [2.05, 4.69) is 10.1 Å². The van der Waals surface area contributed by atoms with E-state index in [-0.39, 0.29) is 5.02 Å². The van der Waals surface area contributed by atoms with Gasteiger partial charge in [-0.2, -0.15) is 4.98 Å². The number of halogens is 2. The molecule has 2 heterocycles. The van der Waals surface area contributed by atoms with E-state index in [1.165, 1.54) is 29.5 Å². The molecule has 0 aliphatic heterocycles. The van der Waals surface area contributed by atoms with Crippen molar-refractivity contribution in [3.8, 4) is 11.4 Å². The first-order valence-electron chi connectivity index (χ1n) is 5.73. The predicted molar refractivity (Wildman–Crippen MR) is 75.1 cm³/mol. The van der Waals surface area contributed by atoms with Gasteiger partial charge >= 0.3 is 0 Å². The van der Waals surface area contributed by atoms with Gasteiger partial charge in [0.25, 0.3) is 0 Å². The SMILES string of the molecule is NC(c1nc(-c2ccc(F)c(Cl)c2)no1)c1cccs1. The minimum absolute atomic E-state index is 0.0106. The molecule has 1 atom stereocenters. The van der Waals surface area contributed by atoms with Gasteiger partial charge in [0, 0.05) is 10.4 Å². The third-order valence-corrected chi connectivity index (χ3v) is 3.98. The van der Waals surface area contributed by atoms with Gasteiger partial charge in [-0.25, -0.2) is 4.39 Å². The van der Waals surface area contributed by atoms with Gasteiger partial charge in [-0.15, -0.1) is 11.3 Å². The monoisotopic (exact) mass is 309 g/mol. The highest BCUT2D eigenvalue weighted by molar-refractivity contribution is 7.10. The Hall–Kier alpha value is -1.76. The van der Waals surface area contributed by atoms with Crippen molar-refractivity contribution in [2.75, 3.05) is 0 Å². The molecule has 3 aromatic rings. The maximum Gasteiger partial charge on any atom is 0.249 e. The van der Waals surface area contributed by atoms with Crippen molar-refractivity contribution in [3.63, 3.8) is 0 Å². The molecule has 1 unspecified atom stereocenters. The molecule has 4 nitrogen and oxygen atoms in total. The van der Waals surface area contributed by atoms with Crippen LogP contribution in [0.25, 0.3) is 11.4 Å². The number of aromatic nitrogens is 2. The number of nitrogens with zero attached hydrogens (tertiary/aromatic N) is 2. The Balaban J connectivity index is 1.92. The van der Waals surface area contributed by atoms with Crippen LogP contribution in [0.2, 0.25) is 5.02 Å². The summed E-state index contributed by atoms with van der Waals surface area (Å²) in [6.45, 7) is 0. The van der Waals surface area contributed by atoms with Gasteiger partial charge in [0.15, 0.2) is 0 Å². The average Bonchev–Trinajstić information content (AvgIpc) is 3.11. The first-order chi connectivity index (χ1) is 9.65. The number of thiophene rings is 1. The Labute approximate surface area is 123 Å². The van der Waals surface area contributed by atoms with Crippen molar-refractivity contribution in [1.82, 2.24) is 10.1 Å². The highest BCUT2D eigenvalue weighted by atomic mass is 35.5. The summed E-state index contributed by atoms with van der Waals surface area (Å²) in [6.07, 6.45) is 0. The lowest BCUT2D eigenvalue weighted by Gasteiger charge is -2.01. The Morgan fingerprint density at radius 2 is 2.20 bits per heavy atom. The largest absolute Gasteiger partial charge is 0.337 e. The first-order valence-corrected chi connectivity index (χ1v) is 6.99. The molecule has 0 bridgehead atoms. The van der Waals surface area contributed by atoms with Crippen molar-refractivity contribution in [3.05, 3.63) is 57.3 Å². The van der Waals surface area contributed by atoms with Crippen LogP contribution in [0.4, 0.5) is 4.39 Å². The fraction of sp³-hybridized carbons (Fsp3) is 0.0769. The van der Waals surface area contributed by atoms with E-state index < -0.39 is 11.9 Å². The summed E-state index contributed by atoms with van der Waals surface area (Å²) in [7, 11) is 0. The van der Waals surface area contributed by atoms with Gasteiger partial charge in [-0.3, -0.25) is 0 Å². The van der Waals surface area contributed by atoms with Crippen LogP contribution < -0.4 is 5.73 Å². The van der Waals surface area contributed by atoms with Crippen LogP contribution in [0.1, 0.15) is 16.8 Å². The molecular weight excluding hydrogens is 301 g/mol. The molecule has 2 aromatic heterocycles. The molecule has 20 heavy (non-hydrogen) atoms. The zero-order valence-electron chi connectivity index (χ0n) is 10.1. The summed E-state index contributed by atoms with van der Waals surface area (Å²) in [4.78, 5) is 5.16. The quantitative estimate of drug-likeness (QED) is 0.802. The van der Waals surface area contributed by atoms with Gasteiger partial charge in [0.05, 0.1) is 5.02 Å². The van der Waals surface area contributed by atoms with Crippen molar-refractivity contribution in [2.24, 2.45) is 5.73 Å². The molecule has 0 spiro atoms. The van der Waals surface area contributed by atoms with Crippen LogP contribution >= 0.6 is 22.9 Å². The number of rotatable bonds is 3. The van der Waals surface area contributed by atoms with E-state index in [4.69, 9.17) is 21.9 Å². The lowest BCUT2D eigenvalue weighted by atomic mass is 10.2. The lowest BCUT2D eigenvalue weighted by Crippen LogP contribution is -2.10. The van der Waals surface area contributed by atoms with E-state index >= 15 is 0 Å². The van der Waals surface area contributed by atoms with Crippen LogP contribution in [-0.2, 0) is 0 Å². The van der Waals surface area contributed by atoms with Crippen molar-refractivity contribution >= 4 is 22.9 Å². The highest BCUT2D eigenvalue weighted by Crippen LogP contribution is 2.26. The van der Waals surface area contributed by atoms with Gasteiger partial charge < -0.3 is 10.3 Å². The zero-order chi connectivity index (χ0) is 14.1. The van der Waals surface area contributed by atoms with E-state index in [9.17, 15) is 4.39 Å². The van der Waals surface area contributed by atoms with Crippen LogP contribution in [0.3, 0.4) is 0 Å². The van der Waals surface area contributed by atoms with E-state index in [0.717, 1.165) is 4.88 Å². The molecule has 0 aliphatic rings. The summed E-state index contributed by atoms with van der Waals surface area (Å²) in [6, 6.07) is 7.57. The number of hydrogen-bond acceptors (Lipinski definition) is 5.